The van der Waals surface area contributed by atoms with Crippen LogP contribution in [-0.2, 0) is 0 Å². The highest BCUT2D eigenvalue weighted by Gasteiger charge is 2.20. The number of fused-ring (bicyclic) bond motifs is 6. The first kappa shape index (κ1) is 32.2. The minimum Gasteiger partial charge on any atom is -0.456 e. The van der Waals surface area contributed by atoms with Gasteiger partial charge in [0.25, 0.3) is 0 Å². The first-order valence-corrected chi connectivity index (χ1v) is 19.5. The van der Waals surface area contributed by atoms with E-state index in [1.807, 2.05) is 47.7 Å². The van der Waals surface area contributed by atoms with E-state index >= 15 is 0 Å². The van der Waals surface area contributed by atoms with Crippen LogP contribution < -0.4 is 0 Å². The number of furan rings is 1. The molecule has 0 saturated heterocycles. The van der Waals surface area contributed by atoms with E-state index in [0.29, 0.717) is 17.5 Å². The minimum atomic E-state index is 0.587. The molecule has 0 spiro atoms. The van der Waals surface area contributed by atoms with E-state index in [2.05, 4.69) is 152 Å². The van der Waals surface area contributed by atoms with Crippen LogP contribution in [0.1, 0.15) is 0 Å². The summed E-state index contributed by atoms with van der Waals surface area (Å²) in [6, 6.07) is 65.6. The number of hydrogen-bond acceptors (Lipinski definition) is 5. The monoisotopic (exact) mass is 733 g/mol. The van der Waals surface area contributed by atoms with Gasteiger partial charge in [-0.05, 0) is 70.3 Å². The van der Waals surface area contributed by atoms with Gasteiger partial charge in [0.1, 0.15) is 11.2 Å². The van der Waals surface area contributed by atoms with E-state index in [0.717, 1.165) is 55.3 Å². The Balaban J connectivity index is 1.08. The average Bonchev–Trinajstić information content (AvgIpc) is 3.85. The molecule has 0 atom stereocenters. The molecule has 4 nitrogen and oxygen atoms in total. The maximum atomic E-state index is 6.69. The molecular weight excluding hydrogens is 703 g/mol. The Morgan fingerprint density at radius 2 is 0.929 bits per heavy atom. The maximum Gasteiger partial charge on any atom is 0.164 e. The van der Waals surface area contributed by atoms with Crippen LogP contribution in [0.15, 0.2) is 192 Å². The molecule has 0 fully saturated rings. The predicted molar refractivity (Wildman–Crippen MR) is 233 cm³/mol. The Hall–Kier alpha value is -7.21. The zero-order valence-corrected chi connectivity index (χ0v) is 30.9. The molecule has 8 aromatic carbocycles. The third-order valence-corrected chi connectivity index (χ3v) is 11.7. The van der Waals surface area contributed by atoms with E-state index in [1.165, 1.54) is 36.9 Å². The predicted octanol–water partition coefficient (Wildman–Crippen LogP) is 14.1. The SMILES string of the molecule is c1ccc(-c2cccc(-c3nc(-c4ccccc4)nc(-c4ccc5c(c4)oc4cccc(-c6cc(-c7ccccc7)cc7c6sc6ccccc67)c45)n3)c2)cc1. The molecule has 0 aliphatic heterocycles. The van der Waals surface area contributed by atoms with Crippen LogP contribution in [0, 0.1) is 0 Å². The summed E-state index contributed by atoms with van der Waals surface area (Å²) in [7, 11) is 0. The highest BCUT2D eigenvalue weighted by molar-refractivity contribution is 7.26. The van der Waals surface area contributed by atoms with E-state index < -0.39 is 0 Å². The second kappa shape index (κ2) is 13.3. The number of thiophene rings is 1. The van der Waals surface area contributed by atoms with Crippen molar-refractivity contribution < 1.29 is 4.42 Å². The van der Waals surface area contributed by atoms with Gasteiger partial charge in [-0.25, -0.2) is 15.0 Å². The summed E-state index contributed by atoms with van der Waals surface area (Å²) in [5, 5.41) is 4.69. The molecular formula is C51H31N3OS. The van der Waals surface area contributed by atoms with E-state index in [4.69, 9.17) is 19.4 Å². The largest absolute Gasteiger partial charge is 0.456 e. The molecule has 0 radical (unpaired) electrons. The summed E-state index contributed by atoms with van der Waals surface area (Å²) in [6.07, 6.45) is 0. The second-order valence-corrected chi connectivity index (χ2v) is 15.0. The molecule has 262 valence electrons. The van der Waals surface area contributed by atoms with Crippen LogP contribution in [0.2, 0.25) is 0 Å². The fourth-order valence-corrected chi connectivity index (χ4v) is 9.04. The summed E-state index contributed by atoms with van der Waals surface area (Å²) in [6.45, 7) is 0. The van der Waals surface area contributed by atoms with Gasteiger partial charge < -0.3 is 4.42 Å². The van der Waals surface area contributed by atoms with Gasteiger partial charge in [-0.3, -0.25) is 0 Å². The highest BCUT2D eigenvalue weighted by atomic mass is 32.1. The van der Waals surface area contributed by atoms with Gasteiger partial charge in [0, 0.05) is 53.2 Å². The van der Waals surface area contributed by atoms with Crippen LogP contribution in [0.5, 0.6) is 0 Å². The molecule has 0 saturated carbocycles. The molecule has 11 aromatic rings. The zero-order chi connectivity index (χ0) is 37.0. The van der Waals surface area contributed by atoms with E-state index in [1.54, 1.807) is 0 Å². The summed E-state index contributed by atoms with van der Waals surface area (Å²) in [5.41, 5.74) is 11.3. The Morgan fingerprint density at radius 3 is 1.68 bits per heavy atom. The minimum absolute atomic E-state index is 0.587. The third kappa shape index (κ3) is 5.56. The molecule has 0 N–H and O–H groups in total. The lowest BCUT2D eigenvalue weighted by atomic mass is 9.93. The van der Waals surface area contributed by atoms with Crippen LogP contribution in [-0.4, -0.2) is 15.0 Å². The molecule has 0 unspecified atom stereocenters. The Morgan fingerprint density at radius 1 is 0.339 bits per heavy atom. The van der Waals surface area contributed by atoms with Gasteiger partial charge in [-0.15, -0.1) is 11.3 Å². The number of hydrogen-bond donors (Lipinski definition) is 0. The fraction of sp³-hybridized carbons (Fsp3) is 0. The quantitative estimate of drug-likeness (QED) is 0.171. The normalized spacial score (nSPS) is 11.6. The molecule has 0 aliphatic carbocycles. The van der Waals surface area contributed by atoms with Gasteiger partial charge in [-0.1, -0.05) is 146 Å². The molecule has 56 heavy (non-hydrogen) atoms. The summed E-state index contributed by atoms with van der Waals surface area (Å²) in [4.78, 5) is 15.1. The number of nitrogens with zero attached hydrogens (tertiary/aromatic N) is 3. The molecule has 11 rings (SSSR count). The maximum absolute atomic E-state index is 6.69. The average molecular weight is 734 g/mol. The van der Waals surface area contributed by atoms with Gasteiger partial charge in [0.15, 0.2) is 17.5 Å². The van der Waals surface area contributed by atoms with Crippen molar-refractivity contribution in [3.8, 4) is 67.5 Å². The van der Waals surface area contributed by atoms with E-state index in [9.17, 15) is 0 Å². The molecule has 3 aromatic heterocycles. The lowest BCUT2D eigenvalue weighted by Gasteiger charge is -2.10. The van der Waals surface area contributed by atoms with Gasteiger partial charge in [0.2, 0.25) is 0 Å². The van der Waals surface area contributed by atoms with Crippen LogP contribution in [0.4, 0.5) is 0 Å². The van der Waals surface area contributed by atoms with Gasteiger partial charge in [-0.2, -0.15) is 0 Å². The Labute approximate surface area is 327 Å². The lowest BCUT2D eigenvalue weighted by molar-refractivity contribution is 0.669. The summed E-state index contributed by atoms with van der Waals surface area (Å²) in [5.74, 6) is 1.82. The molecule has 0 aliphatic rings. The molecule has 0 bridgehead atoms. The summed E-state index contributed by atoms with van der Waals surface area (Å²) < 4.78 is 9.24. The Bertz CT molecular complexity index is 3240. The van der Waals surface area contributed by atoms with E-state index in [-0.39, 0.29) is 0 Å². The Kier molecular flexibility index (Phi) is 7.64. The van der Waals surface area contributed by atoms with Crippen LogP contribution in [0.3, 0.4) is 0 Å². The van der Waals surface area contributed by atoms with Gasteiger partial charge >= 0.3 is 0 Å². The van der Waals surface area contributed by atoms with Crippen molar-refractivity contribution in [2.75, 3.05) is 0 Å². The van der Waals surface area contributed by atoms with Gasteiger partial charge in [0.05, 0.1) is 0 Å². The third-order valence-electron chi connectivity index (χ3n) is 10.5. The first-order valence-electron chi connectivity index (χ1n) is 18.7. The van der Waals surface area contributed by atoms with Crippen molar-refractivity contribution in [2.45, 2.75) is 0 Å². The number of benzene rings is 8. The smallest absolute Gasteiger partial charge is 0.164 e. The standard InChI is InChI=1S/C51H31N3OS/c1-4-14-32(15-5-1)35-20-12-21-36(28-35)50-52-49(34-18-8-3-9-19-34)53-51(54-50)37-26-27-41-45(31-37)55-44-24-13-23-40(47(41)44)43-30-38(33-16-6-2-7-17-33)29-42-39-22-10-11-25-46(39)56-48(42)43/h1-31H. The molecule has 5 heteroatoms. The van der Waals surface area contributed by atoms with Crippen molar-refractivity contribution in [1.82, 2.24) is 15.0 Å². The second-order valence-electron chi connectivity index (χ2n) is 14.0. The van der Waals surface area contributed by atoms with Crippen molar-refractivity contribution in [1.29, 1.82) is 0 Å². The molecule has 0 amide bonds. The number of rotatable bonds is 6. The van der Waals surface area contributed by atoms with Crippen molar-refractivity contribution in [2.24, 2.45) is 0 Å². The van der Waals surface area contributed by atoms with Crippen molar-refractivity contribution >= 4 is 53.4 Å². The van der Waals surface area contributed by atoms with Crippen LogP contribution >= 0.6 is 11.3 Å². The zero-order valence-electron chi connectivity index (χ0n) is 30.1. The number of aromatic nitrogens is 3. The van der Waals surface area contributed by atoms with Crippen LogP contribution in [0.25, 0.3) is 110 Å². The first-order chi connectivity index (χ1) is 27.7. The topological polar surface area (TPSA) is 51.8 Å². The summed E-state index contributed by atoms with van der Waals surface area (Å²) >= 11 is 1.85. The highest BCUT2D eigenvalue weighted by Crippen LogP contribution is 2.46. The van der Waals surface area contributed by atoms with Crippen molar-refractivity contribution in [3.05, 3.63) is 188 Å². The van der Waals surface area contributed by atoms with Crippen molar-refractivity contribution in [3.63, 3.8) is 0 Å². The fourth-order valence-electron chi connectivity index (χ4n) is 7.83. The lowest BCUT2D eigenvalue weighted by Crippen LogP contribution is -2.00. The molecule has 3 heterocycles.